The van der Waals surface area contributed by atoms with Crippen LogP contribution in [0.25, 0.3) is 0 Å². The Balaban J connectivity index is 1.37. The predicted molar refractivity (Wildman–Crippen MR) is 92.5 cm³/mol. The molecule has 0 bridgehead atoms. The monoisotopic (exact) mass is 340 g/mol. The molecule has 3 heteroatoms. The fourth-order valence-corrected chi connectivity index (χ4v) is 8.54. The summed E-state index contributed by atoms with van der Waals surface area (Å²) in [4.78, 5) is 23.9. The van der Waals surface area contributed by atoms with Gasteiger partial charge >= 0.3 is 5.97 Å². The number of esters is 1. The van der Waals surface area contributed by atoms with Gasteiger partial charge in [-0.3, -0.25) is 9.59 Å². The van der Waals surface area contributed by atoms with Gasteiger partial charge in [-0.25, -0.2) is 0 Å². The third kappa shape index (κ3) is 1.69. The second kappa shape index (κ2) is 4.58. The van der Waals surface area contributed by atoms with Gasteiger partial charge in [0.15, 0.2) is 5.78 Å². The summed E-state index contributed by atoms with van der Waals surface area (Å²) >= 11 is 0. The highest BCUT2D eigenvalue weighted by molar-refractivity contribution is 5.91. The lowest BCUT2D eigenvalue weighted by Gasteiger charge is -2.57. The van der Waals surface area contributed by atoms with Crippen molar-refractivity contribution in [2.24, 2.45) is 40.9 Å². The molecule has 1 saturated heterocycles. The SMILES string of the molecule is C[C@]12CCC3C4CCC(=O)C=C4CCC3C1C1C[C@H]1C21CCC(=O)O1. The summed E-state index contributed by atoms with van der Waals surface area (Å²) in [5, 5.41) is 0. The molecule has 5 aliphatic carbocycles. The molecule has 5 fully saturated rings. The van der Waals surface area contributed by atoms with Gasteiger partial charge in [-0.2, -0.15) is 0 Å². The largest absolute Gasteiger partial charge is 0.458 e. The highest BCUT2D eigenvalue weighted by Gasteiger charge is 2.78. The van der Waals surface area contributed by atoms with E-state index >= 15 is 0 Å². The van der Waals surface area contributed by atoms with Crippen molar-refractivity contribution in [3.63, 3.8) is 0 Å². The summed E-state index contributed by atoms with van der Waals surface area (Å²) in [7, 11) is 0. The molecule has 1 heterocycles. The number of ether oxygens (including phenoxy) is 1. The van der Waals surface area contributed by atoms with Crippen LogP contribution in [0.2, 0.25) is 0 Å². The summed E-state index contributed by atoms with van der Waals surface area (Å²) in [5.74, 6) is 4.85. The lowest BCUT2D eigenvalue weighted by Crippen LogP contribution is -2.55. The highest BCUT2D eigenvalue weighted by Crippen LogP contribution is 2.78. The lowest BCUT2D eigenvalue weighted by molar-refractivity contribution is -0.174. The van der Waals surface area contributed by atoms with Crippen molar-refractivity contribution < 1.29 is 14.3 Å². The van der Waals surface area contributed by atoms with Crippen LogP contribution in [-0.2, 0) is 14.3 Å². The molecule has 25 heavy (non-hydrogen) atoms. The van der Waals surface area contributed by atoms with Crippen molar-refractivity contribution in [1.82, 2.24) is 0 Å². The first-order valence-electron chi connectivity index (χ1n) is 10.5. The molecule has 1 aliphatic heterocycles. The van der Waals surface area contributed by atoms with Crippen molar-refractivity contribution in [2.45, 2.75) is 70.3 Å². The van der Waals surface area contributed by atoms with Gasteiger partial charge in [-0.15, -0.1) is 0 Å². The molecular formula is C22H28O3. The zero-order valence-corrected chi connectivity index (χ0v) is 15.1. The Morgan fingerprint density at radius 1 is 1.00 bits per heavy atom. The molecule has 1 spiro atoms. The van der Waals surface area contributed by atoms with Crippen LogP contribution in [0, 0.1) is 40.9 Å². The number of allylic oxidation sites excluding steroid dienone is 1. The topological polar surface area (TPSA) is 43.4 Å². The molecule has 6 rings (SSSR count). The number of fused-ring (bicyclic) bond motifs is 9. The molecule has 6 aliphatic rings. The van der Waals surface area contributed by atoms with Gasteiger partial charge in [0.1, 0.15) is 5.60 Å². The van der Waals surface area contributed by atoms with Crippen molar-refractivity contribution in [3.8, 4) is 0 Å². The van der Waals surface area contributed by atoms with Crippen LogP contribution < -0.4 is 0 Å². The first kappa shape index (κ1) is 15.0. The quantitative estimate of drug-likeness (QED) is 0.625. The molecule has 0 radical (unpaired) electrons. The lowest BCUT2D eigenvalue weighted by atomic mass is 9.49. The highest BCUT2D eigenvalue weighted by atomic mass is 16.6. The maximum Gasteiger partial charge on any atom is 0.306 e. The van der Waals surface area contributed by atoms with Crippen LogP contribution in [-0.4, -0.2) is 17.4 Å². The Bertz CT molecular complexity index is 708. The van der Waals surface area contributed by atoms with Gasteiger partial charge in [-0.1, -0.05) is 12.5 Å². The van der Waals surface area contributed by atoms with Crippen LogP contribution in [0.3, 0.4) is 0 Å². The second-order valence-corrected chi connectivity index (χ2v) is 10.0. The van der Waals surface area contributed by atoms with Gasteiger partial charge in [0.05, 0.1) is 0 Å². The minimum atomic E-state index is -0.122. The second-order valence-electron chi connectivity index (χ2n) is 10.0. The molecular weight excluding hydrogens is 312 g/mol. The van der Waals surface area contributed by atoms with Crippen LogP contribution in [0.15, 0.2) is 11.6 Å². The molecule has 0 aromatic heterocycles. The zero-order valence-electron chi connectivity index (χ0n) is 15.1. The molecule has 3 nitrogen and oxygen atoms in total. The fourth-order valence-electron chi connectivity index (χ4n) is 8.54. The Labute approximate surface area is 149 Å². The van der Waals surface area contributed by atoms with Crippen LogP contribution in [0.5, 0.6) is 0 Å². The molecule has 6 unspecified atom stereocenters. The molecule has 0 N–H and O–H groups in total. The van der Waals surface area contributed by atoms with Gasteiger partial charge in [-0.05, 0) is 80.6 Å². The number of ketones is 1. The minimum Gasteiger partial charge on any atom is -0.458 e. The molecule has 0 aromatic rings. The zero-order chi connectivity index (χ0) is 17.0. The number of rotatable bonds is 0. The predicted octanol–water partition coefficient (Wildman–Crippen LogP) is 4.06. The summed E-state index contributed by atoms with van der Waals surface area (Å²) in [6.45, 7) is 2.47. The standard InChI is InChI=1S/C22H28O3/c1-21-8-6-15-14-5-3-13(23)10-12(14)2-4-16(15)20(21)17-11-18(17)22(21)9-7-19(24)25-22/h10,14-18,20H,2-9,11H2,1H3/t14?,15?,16?,17?,18-,20?,21+,22?/m1/s1. The Morgan fingerprint density at radius 3 is 2.68 bits per heavy atom. The van der Waals surface area contributed by atoms with E-state index in [-0.39, 0.29) is 17.0 Å². The first-order chi connectivity index (χ1) is 12.0. The molecule has 0 aromatic carbocycles. The number of carbonyl (C=O) groups excluding carboxylic acids is 2. The van der Waals surface area contributed by atoms with Gasteiger partial charge in [0, 0.05) is 24.2 Å². The van der Waals surface area contributed by atoms with E-state index in [2.05, 4.69) is 6.92 Å². The maximum absolute atomic E-state index is 12.0. The first-order valence-corrected chi connectivity index (χ1v) is 10.5. The summed E-state index contributed by atoms with van der Waals surface area (Å²) in [6, 6.07) is 0. The van der Waals surface area contributed by atoms with E-state index in [0.717, 1.165) is 49.4 Å². The van der Waals surface area contributed by atoms with Crippen LogP contribution >= 0.6 is 0 Å². The molecule has 8 atom stereocenters. The smallest absolute Gasteiger partial charge is 0.306 e. The van der Waals surface area contributed by atoms with Crippen molar-refractivity contribution >= 4 is 11.8 Å². The van der Waals surface area contributed by atoms with Gasteiger partial charge in [0.25, 0.3) is 0 Å². The Kier molecular flexibility index (Phi) is 2.75. The van der Waals surface area contributed by atoms with E-state index in [1.165, 1.54) is 31.3 Å². The van der Waals surface area contributed by atoms with Gasteiger partial charge in [0.2, 0.25) is 0 Å². The fraction of sp³-hybridized carbons (Fsp3) is 0.818. The maximum atomic E-state index is 12.0. The van der Waals surface area contributed by atoms with E-state index < -0.39 is 0 Å². The van der Waals surface area contributed by atoms with Crippen molar-refractivity contribution in [2.75, 3.05) is 0 Å². The van der Waals surface area contributed by atoms with Crippen molar-refractivity contribution in [1.29, 1.82) is 0 Å². The van der Waals surface area contributed by atoms with E-state index in [4.69, 9.17) is 4.74 Å². The van der Waals surface area contributed by atoms with E-state index in [1.54, 1.807) is 0 Å². The average molecular weight is 340 g/mol. The average Bonchev–Trinajstić information content (AvgIpc) is 3.23. The van der Waals surface area contributed by atoms with Crippen molar-refractivity contribution in [3.05, 3.63) is 11.6 Å². The minimum absolute atomic E-state index is 0.0503. The third-order valence-corrected chi connectivity index (χ3v) is 9.41. The van der Waals surface area contributed by atoms with Crippen LogP contribution in [0.4, 0.5) is 0 Å². The third-order valence-electron chi connectivity index (χ3n) is 9.41. The van der Waals surface area contributed by atoms with Gasteiger partial charge < -0.3 is 4.74 Å². The summed E-state index contributed by atoms with van der Waals surface area (Å²) in [5.41, 5.74) is 1.55. The number of carbonyl (C=O) groups is 2. The van der Waals surface area contributed by atoms with E-state index in [9.17, 15) is 9.59 Å². The van der Waals surface area contributed by atoms with E-state index in [1.807, 2.05) is 6.08 Å². The Hall–Kier alpha value is -1.12. The molecule has 0 amide bonds. The normalized spacial score (nSPS) is 55.8. The number of hydrogen-bond acceptors (Lipinski definition) is 3. The Morgan fingerprint density at radius 2 is 1.88 bits per heavy atom. The van der Waals surface area contributed by atoms with E-state index in [0.29, 0.717) is 24.0 Å². The molecule has 4 saturated carbocycles. The van der Waals surface area contributed by atoms with Crippen LogP contribution in [0.1, 0.15) is 64.7 Å². The number of hydrogen-bond donors (Lipinski definition) is 0. The molecule has 134 valence electrons. The summed E-state index contributed by atoms with van der Waals surface area (Å²) in [6.07, 6.45) is 11.6. The summed E-state index contributed by atoms with van der Waals surface area (Å²) < 4.78 is 6.14.